The maximum Gasteiger partial charge on any atom is 0.261 e. The summed E-state index contributed by atoms with van der Waals surface area (Å²) in [5.41, 5.74) is 1.13. The first-order valence-electron chi connectivity index (χ1n) is 8.51. The highest BCUT2D eigenvalue weighted by molar-refractivity contribution is 6.08. The van der Waals surface area contributed by atoms with Crippen LogP contribution in [0.5, 0.6) is 0 Å². The summed E-state index contributed by atoms with van der Waals surface area (Å²) in [6, 6.07) is 6.00. The molecule has 8 nitrogen and oxygen atoms in total. The SMILES string of the molecule is Cn1ncc2c(F)c(C(=O)Nc3ccc4[nH]nc(-c5cnco5)c4c3)c(F)cc21. The molecule has 5 aromatic rings. The van der Waals surface area contributed by atoms with E-state index in [-0.39, 0.29) is 10.9 Å². The van der Waals surface area contributed by atoms with Crippen LogP contribution in [0.4, 0.5) is 14.5 Å². The second-order valence-electron chi connectivity index (χ2n) is 6.40. The molecule has 0 radical (unpaired) electrons. The molecular formula is C19H12F2N6O2. The lowest BCUT2D eigenvalue weighted by molar-refractivity contribution is 0.101. The van der Waals surface area contributed by atoms with Gasteiger partial charge in [-0.25, -0.2) is 13.8 Å². The van der Waals surface area contributed by atoms with E-state index in [9.17, 15) is 13.6 Å². The zero-order valence-electron chi connectivity index (χ0n) is 14.9. The van der Waals surface area contributed by atoms with Crippen molar-refractivity contribution in [1.82, 2.24) is 25.0 Å². The number of nitrogens with one attached hydrogen (secondary N) is 2. The van der Waals surface area contributed by atoms with E-state index in [1.54, 1.807) is 25.2 Å². The van der Waals surface area contributed by atoms with Gasteiger partial charge in [0.1, 0.15) is 22.9 Å². The second kappa shape index (κ2) is 6.23. The van der Waals surface area contributed by atoms with Crippen molar-refractivity contribution in [2.75, 3.05) is 5.32 Å². The first kappa shape index (κ1) is 17.0. The number of hydrogen-bond donors (Lipinski definition) is 2. The standard InChI is InChI=1S/C19H12F2N6O2/c1-27-14-5-12(20)16(17(21)11(14)6-23-27)19(28)24-9-2-3-13-10(4-9)18(26-25-13)15-7-22-8-29-15/h2-8H,1H3,(H,24,28)(H,25,26). The molecule has 5 rings (SSSR count). The number of nitrogens with zero attached hydrogens (tertiary/aromatic N) is 4. The second-order valence-corrected chi connectivity index (χ2v) is 6.40. The molecule has 144 valence electrons. The number of hydrogen-bond acceptors (Lipinski definition) is 5. The van der Waals surface area contributed by atoms with Gasteiger partial charge >= 0.3 is 0 Å². The van der Waals surface area contributed by atoms with E-state index in [0.29, 0.717) is 28.0 Å². The van der Waals surface area contributed by atoms with Crippen molar-refractivity contribution in [3.05, 3.63) is 60.3 Å². The van der Waals surface area contributed by atoms with Gasteiger partial charge < -0.3 is 9.73 Å². The van der Waals surface area contributed by atoms with Gasteiger partial charge in [-0.2, -0.15) is 10.2 Å². The number of halogens is 2. The Hall–Kier alpha value is -4.08. The van der Waals surface area contributed by atoms with Gasteiger partial charge in [0, 0.05) is 24.2 Å². The van der Waals surface area contributed by atoms with Crippen LogP contribution in [0.2, 0.25) is 0 Å². The number of amides is 1. The van der Waals surface area contributed by atoms with E-state index in [4.69, 9.17) is 4.42 Å². The first-order chi connectivity index (χ1) is 14.0. The van der Waals surface area contributed by atoms with E-state index in [1.807, 2.05) is 0 Å². The van der Waals surface area contributed by atoms with E-state index >= 15 is 0 Å². The van der Waals surface area contributed by atoms with Gasteiger partial charge in [0.05, 0.1) is 28.8 Å². The van der Waals surface area contributed by atoms with Gasteiger partial charge in [-0.15, -0.1) is 0 Å². The molecule has 10 heteroatoms. The number of oxazole rings is 1. The molecule has 0 bridgehead atoms. The quantitative estimate of drug-likeness (QED) is 0.487. The van der Waals surface area contributed by atoms with Crippen molar-refractivity contribution < 1.29 is 18.0 Å². The van der Waals surface area contributed by atoms with Crippen molar-refractivity contribution in [2.45, 2.75) is 0 Å². The monoisotopic (exact) mass is 394 g/mol. The molecular weight excluding hydrogens is 382 g/mol. The van der Waals surface area contributed by atoms with Crippen molar-refractivity contribution in [3.8, 4) is 11.5 Å². The molecule has 0 atom stereocenters. The molecule has 3 aromatic heterocycles. The summed E-state index contributed by atoms with van der Waals surface area (Å²) >= 11 is 0. The molecule has 29 heavy (non-hydrogen) atoms. The lowest BCUT2D eigenvalue weighted by Crippen LogP contribution is -2.16. The highest BCUT2D eigenvalue weighted by atomic mass is 19.1. The number of aromatic nitrogens is 5. The minimum absolute atomic E-state index is 0.0666. The van der Waals surface area contributed by atoms with E-state index < -0.39 is 23.1 Å². The Bertz CT molecular complexity index is 1390. The fourth-order valence-electron chi connectivity index (χ4n) is 3.23. The summed E-state index contributed by atoms with van der Waals surface area (Å²) in [6.45, 7) is 0. The Labute approximate surface area is 161 Å². The zero-order valence-corrected chi connectivity index (χ0v) is 14.9. The number of aromatic amines is 1. The summed E-state index contributed by atoms with van der Waals surface area (Å²) in [4.78, 5) is 16.5. The van der Waals surface area contributed by atoms with Gasteiger partial charge in [-0.05, 0) is 18.2 Å². The van der Waals surface area contributed by atoms with Crippen molar-refractivity contribution in [2.24, 2.45) is 7.05 Å². The lowest BCUT2D eigenvalue weighted by atomic mass is 10.1. The normalized spacial score (nSPS) is 11.4. The minimum atomic E-state index is -0.970. The summed E-state index contributed by atoms with van der Waals surface area (Å²) < 4.78 is 35.8. The Morgan fingerprint density at radius 2 is 2.07 bits per heavy atom. The average molecular weight is 394 g/mol. The molecule has 0 aliphatic heterocycles. The number of benzene rings is 2. The molecule has 2 aromatic carbocycles. The van der Waals surface area contributed by atoms with Crippen LogP contribution in [0, 0.1) is 11.6 Å². The summed E-state index contributed by atoms with van der Waals surface area (Å²) in [5, 5.41) is 14.2. The minimum Gasteiger partial charge on any atom is -0.442 e. The van der Waals surface area contributed by atoms with Gasteiger partial charge in [-0.3, -0.25) is 14.6 Å². The average Bonchev–Trinajstić information content (AvgIpc) is 3.42. The summed E-state index contributed by atoms with van der Waals surface area (Å²) in [6.07, 6.45) is 4.04. The van der Waals surface area contributed by atoms with Crippen LogP contribution in [-0.2, 0) is 7.05 Å². The van der Waals surface area contributed by atoms with Crippen LogP contribution in [-0.4, -0.2) is 30.9 Å². The number of carbonyl (C=O) groups is 1. The number of fused-ring (bicyclic) bond motifs is 2. The van der Waals surface area contributed by atoms with Crippen LogP contribution in [0.15, 0.2) is 47.5 Å². The Morgan fingerprint density at radius 3 is 2.86 bits per heavy atom. The number of anilines is 1. The summed E-state index contributed by atoms with van der Waals surface area (Å²) in [5.74, 6) is -2.39. The third kappa shape index (κ3) is 2.64. The maximum absolute atomic E-state index is 14.8. The zero-order chi connectivity index (χ0) is 20.1. The highest BCUT2D eigenvalue weighted by Gasteiger charge is 2.22. The predicted octanol–water partition coefficient (Wildman–Crippen LogP) is 3.64. The van der Waals surface area contributed by atoms with Crippen molar-refractivity contribution in [3.63, 3.8) is 0 Å². The predicted molar refractivity (Wildman–Crippen MR) is 100 cm³/mol. The molecule has 0 saturated heterocycles. The molecule has 0 aliphatic rings. The van der Waals surface area contributed by atoms with Gasteiger partial charge in [0.2, 0.25) is 0 Å². The molecule has 0 spiro atoms. The molecule has 2 N–H and O–H groups in total. The molecule has 0 unspecified atom stereocenters. The molecule has 1 amide bonds. The van der Waals surface area contributed by atoms with Crippen LogP contribution in [0.3, 0.4) is 0 Å². The van der Waals surface area contributed by atoms with E-state index in [0.717, 1.165) is 6.07 Å². The number of aryl methyl sites for hydroxylation is 1. The van der Waals surface area contributed by atoms with Crippen molar-refractivity contribution >= 4 is 33.4 Å². The van der Waals surface area contributed by atoms with Gasteiger partial charge in [0.15, 0.2) is 12.2 Å². The number of carbonyl (C=O) groups excluding carboxylic acids is 1. The molecule has 3 heterocycles. The lowest BCUT2D eigenvalue weighted by Gasteiger charge is -2.08. The van der Waals surface area contributed by atoms with Crippen LogP contribution in [0.1, 0.15) is 10.4 Å². The summed E-state index contributed by atoms with van der Waals surface area (Å²) in [7, 11) is 1.56. The largest absolute Gasteiger partial charge is 0.442 e. The fourth-order valence-corrected chi connectivity index (χ4v) is 3.23. The molecule has 0 saturated carbocycles. The number of H-pyrrole nitrogens is 1. The molecule has 0 aliphatic carbocycles. The Kier molecular flexibility index (Phi) is 3.66. The smallest absolute Gasteiger partial charge is 0.261 e. The van der Waals surface area contributed by atoms with E-state index in [1.165, 1.54) is 23.5 Å². The third-order valence-electron chi connectivity index (χ3n) is 4.66. The third-order valence-corrected chi connectivity index (χ3v) is 4.66. The first-order valence-corrected chi connectivity index (χ1v) is 8.51. The van der Waals surface area contributed by atoms with Gasteiger partial charge in [-0.1, -0.05) is 0 Å². The van der Waals surface area contributed by atoms with Gasteiger partial charge in [0.25, 0.3) is 5.91 Å². The topological polar surface area (TPSA) is 102 Å². The number of rotatable bonds is 3. The van der Waals surface area contributed by atoms with E-state index in [2.05, 4.69) is 25.6 Å². The fraction of sp³-hybridized carbons (Fsp3) is 0.0526. The van der Waals surface area contributed by atoms with Crippen LogP contribution in [0.25, 0.3) is 33.3 Å². The molecule has 0 fully saturated rings. The Balaban J connectivity index is 1.53. The maximum atomic E-state index is 14.8. The van der Waals surface area contributed by atoms with Crippen LogP contribution >= 0.6 is 0 Å². The Morgan fingerprint density at radius 1 is 1.21 bits per heavy atom. The van der Waals surface area contributed by atoms with Crippen LogP contribution < -0.4 is 5.32 Å². The highest BCUT2D eigenvalue weighted by Crippen LogP contribution is 2.29. The van der Waals surface area contributed by atoms with Crippen molar-refractivity contribution in [1.29, 1.82) is 0 Å².